The molecule has 104 valence electrons. The topological polar surface area (TPSA) is 24.9 Å². The highest BCUT2D eigenvalue weighted by molar-refractivity contribution is 4.61. The van der Waals surface area contributed by atoms with Crippen molar-refractivity contribution in [2.45, 2.75) is 33.5 Å². The fourth-order valence-electron chi connectivity index (χ4n) is 1.69. The zero-order valence-corrected chi connectivity index (χ0v) is 12.2. The molecule has 0 spiro atoms. The van der Waals surface area contributed by atoms with Gasteiger partial charge in [-0.05, 0) is 40.9 Å². The maximum atomic E-state index is 5.59. The zero-order chi connectivity index (χ0) is 13.1. The zero-order valence-electron chi connectivity index (χ0n) is 12.2. The normalized spacial score (nSPS) is 12.0. The third-order valence-corrected chi connectivity index (χ3v) is 2.52. The van der Waals surface area contributed by atoms with E-state index >= 15 is 0 Å². The van der Waals surface area contributed by atoms with Crippen molar-refractivity contribution >= 4 is 0 Å². The van der Waals surface area contributed by atoms with Crippen molar-refractivity contribution in [3.8, 4) is 0 Å². The standard InChI is InChI=1S/C13H30N2O2/c1-6-9-15(11-10-14(4)5)12-13(16-7-2)17-8-3/h13H,6-12H2,1-5H3. The van der Waals surface area contributed by atoms with Crippen molar-refractivity contribution < 1.29 is 9.47 Å². The van der Waals surface area contributed by atoms with Crippen LogP contribution in [-0.4, -0.2) is 69.6 Å². The number of nitrogens with zero attached hydrogens (tertiary/aromatic N) is 2. The molecule has 4 heteroatoms. The second kappa shape index (κ2) is 11.0. The number of rotatable bonds is 11. The van der Waals surface area contributed by atoms with E-state index in [-0.39, 0.29) is 6.29 Å². The summed E-state index contributed by atoms with van der Waals surface area (Å²) in [6.45, 7) is 11.7. The molecule has 0 aliphatic rings. The van der Waals surface area contributed by atoms with Crippen molar-refractivity contribution in [1.82, 2.24) is 9.80 Å². The summed E-state index contributed by atoms with van der Waals surface area (Å²) >= 11 is 0. The predicted octanol–water partition coefficient (Wildman–Crippen LogP) is 1.66. The molecule has 0 unspecified atom stereocenters. The molecule has 0 aromatic rings. The van der Waals surface area contributed by atoms with Gasteiger partial charge in [0.1, 0.15) is 0 Å². The summed E-state index contributed by atoms with van der Waals surface area (Å²) in [5.41, 5.74) is 0. The Bertz CT molecular complexity index is 159. The SMILES string of the molecule is CCCN(CCN(C)C)CC(OCC)OCC. The molecule has 0 bridgehead atoms. The van der Waals surface area contributed by atoms with Crippen LogP contribution in [0.25, 0.3) is 0 Å². The van der Waals surface area contributed by atoms with Gasteiger partial charge in [0.15, 0.2) is 6.29 Å². The lowest BCUT2D eigenvalue weighted by atomic mass is 10.3. The van der Waals surface area contributed by atoms with Crippen molar-refractivity contribution in [2.24, 2.45) is 0 Å². The molecule has 0 N–H and O–H groups in total. The Morgan fingerprint density at radius 1 is 0.882 bits per heavy atom. The molecular formula is C13H30N2O2. The second-order valence-corrected chi connectivity index (χ2v) is 4.44. The third-order valence-electron chi connectivity index (χ3n) is 2.52. The predicted molar refractivity (Wildman–Crippen MR) is 72.3 cm³/mol. The third kappa shape index (κ3) is 9.53. The lowest BCUT2D eigenvalue weighted by Crippen LogP contribution is -2.39. The summed E-state index contributed by atoms with van der Waals surface area (Å²) in [6.07, 6.45) is 1.08. The highest BCUT2D eigenvalue weighted by Gasteiger charge is 2.13. The van der Waals surface area contributed by atoms with Crippen LogP contribution in [0.2, 0.25) is 0 Å². The van der Waals surface area contributed by atoms with Crippen molar-refractivity contribution in [1.29, 1.82) is 0 Å². The van der Waals surface area contributed by atoms with Gasteiger partial charge >= 0.3 is 0 Å². The van der Waals surface area contributed by atoms with Gasteiger partial charge in [-0.25, -0.2) is 0 Å². The van der Waals surface area contributed by atoms with Gasteiger partial charge in [-0.3, -0.25) is 4.90 Å². The fourth-order valence-corrected chi connectivity index (χ4v) is 1.69. The fraction of sp³-hybridized carbons (Fsp3) is 1.00. The molecule has 0 fully saturated rings. The van der Waals surface area contributed by atoms with Crippen LogP contribution < -0.4 is 0 Å². The van der Waals surface area contributed by atoms with E-state index < -0.39 is 0 Å². The first-order valence-corrected chi connectivity index (χ1v) is 6.74. The van der Waals surface area contributed by atoms with E-state index in [1.807, 2.05) is 13.8 Å². The molecule has 0 aliphatic heterocycles. The largest absolute Gasteiger partial charge is 0.352 e. The second-order valence-electron chi connectivity index (χ2n) is 4.44. The summed E-state index contributed by atoms with van der Waals surface area (Å²) < 4.78 is 11.2. The van der Waals surface area contributed by atoms with Gasteiger partial charge in [0.05, 0.1) is 0 Å². The van der Waals surface area contributed by atoms with Crippen molar-refractivity contribution in [2.75, 3.05) is 53.5 Å². The summed E-state index contributed by atoms with van der Waals surface area (Å²) in [6, 6.07) is 0. The monoisotopic (exact) mass is 246 g/mol. The Labute approximate surface area is 107 Å². The van der Waals surface area contributed by atoms with Crippen LogP contribution in [-0.2, 0) is 9.47 Å². The molecule has 0 rings (SSSR count). The van der Waals surface area contributed by atoms with Gasteiger partial charge < -0.3 is 14.4 Å². The van der Waals surface area contributed by atoms with Crippen LogP contribution in [0.1, 0.15) is 27.2 Å². The maximum absolute atomic E-state index is 5.59. The Morgan fingerprint density at radius 3 is 1.88 bits per heavy atom. The number of likely N-dealkylation sites (N-methyl/N-ethyl adjacent to an activating group) is 1. The molecule has 0 aliphatic carbocycles. The van der Waals surface area contributed by atoms with Crippen LogP contribution >= 0.6 is 0 Å². The van der Waals surface area contributed by atoms with Crippen LogP contribution in [0.3, 0.4) is 0 Å². The maximum Gasteiger partial charge on any atom is 0.170 e. The van der Waals surface area contributed by atoms with Gasteiger partial charge in [-0.2, -0.15) is 0 Å². The summed E-state index contributed by atoms with van der Waals surface area (Å²) in [5, 5.41) is 0. The van der Waals surface area contributed by atoms with Crippen molar-refractivity contribution in [3.05, 3.63) is 0 Å². The molecule has 0 saturated heterocycles. The minimum atomic E-state index is -0.0845. The van der Waals surface area contributed by atoms with Crippen LogP contribution in [0.4, 0.5) is 0 Å². The van der Waals surface area contributed by atoms with Crippen LogP contribution in [0, 0.1) is 0 Å². The van der Waals surface area contributed by atoms with E-state index in [0.717, 1.165) is 26.2 Å². The molecule has 0 aromatic carbocycles. The first-order chi connectivity index (χ1) is 8.13. The Hall–Kier alpha value is -0.160. The number of hydrogen-bond donors (Lipinski definition) is 0. The van der Waals surface area contributed by atoms with Gasteiger partial charge in [0.2, 0.25) is 0 Å². The van der Waals surface area contributed by atoms with Crippen LogP contribution in [0.15, 0.2) is 0 Å². The highest BCUT2D eigenvalue weighted by Crippen LogP contribution is 2.01. The Kier molecular flexibility index (Phi) is 10.9. The van der Waals surface area contributed by atoms with E-state index in [9.17, 15) is 0 Å². The molecule has 0 amide bonds. The Balaban J connectivity index is 4.07. The average Bonchev–Trinajstić information content (AvgIpc) is 2.27. The molecule has 0 radical (unpaired) electrons. The smallest absolute Gasteiger partial charge is 0.170 e. The van der Waals surface area contributed by atoms with Gasteiger partial charge in [0.25, 0.3) is 0 Å². The molecule has 0 heterocycles. The first-order valence-electron chi connectivity index (χ1n) is 6.74. The van der Waals surface area contributed by atoms with E-state index in [1.165, 1.54) is 6.42 Å². The van der Waals surface area contributed by atoms with Gasteiger partial charge in [-0.1, -0.05) is 6.92 Å². The van der Waals surface area contributed by atoms with Crippen molar-refractivity contribution in [3.63, 3.8) is 0 Å². The molecule has 0 atom stereocenters. The Morgan fingerprint density at radius 2 is 1.47 bits per heavy atom. The molecule has 0 saturated carbocycles. The summed E-state index contributed by atoms with van der Waals surface area (Å²) in [7, 11) is 4.21. The van der Waals surface area contributed by atoms with E-state index in [4.69, 9.17) is 9.47 Å². The quantitative estimate of drug-likeness (QED) is 0.518. The lowest BCUT2D eigenvalue weighted by molar-refractivity contribution is -0.147. The lowest BCUT2D eigenvalue weighted by Gasteiger charge is -2.27. The average molecular weight is 246 g/mol. The molecule has 4 nitrogen and oxygen atoms in total. The summed E-state index contributed by atoms with van der Waals surface area (Å²) in [4.78, 5) is 4.62. The minimum absolute atomic E-state index is 0.0845. The first kappa shape index (κ1) is 16.8. The van der Waals surface area contributed by atoms with E-state index in [0.29, 0.717) is 13.2 Å². The molecule has 17 heavy (non-hydrogen) atoms. The van der Waals surface area contributed by atoms with Crippen LogP contribution in [0.5, 0.6) is 0 Å². The van der Waals surface area contributed by atoms with E-state index in [1.54, 1.807) is 0 Å². The molecule has 0 aromatic heterocycles. The highest BCUT2D eigenvalue weighted by atomic mass is 16.7. The summed E-state index contributed by atoms with van der Waals surface area (Å²) in [5.74, 6) is 0. The van der Waals surface area contributed by atoms with E-state index in [2.05, 4.69) is 30.8 Å². The number of hydrogen-bond acceptors (Lipinski definition) is 4. The van der Waals surface area contributed by atoms with Gasteiger partial charge in [-0.15, -0.1) is 0 Å². The van der Waals surface area contributed by atoms with Gasteiger partial charge in [0, 0.05) is 32.8 Å². The number of ether oxygens (including phenoxy) is 2. The molecular weight excluding hydrogens is 216 g/mol. The minimum Gasteiger partial charge on any atom is -0.352 e.